The van der Waals surface area contributed by atoms with Crippen molar-refractivity contribution in [3.8, 4) is 0 Å². The molecule has 35 heavy (non-hydrogen) atoms. The molecule has 10 nitrogen and oxygen atoms in total. The molecule has 2 atom stereocenters. The number of nitrogens with zero attached hydrogens (tertiary/aromatic N) is 2. The Bertz CT molecular complexity index is 1000. The van der Waals surface area contributed by atoms with Crippen molar-refractivity contribution in [2.45, 2.75) is 45.2 Å². The topological polar surface area (TPSA) is 118 Å². The highest BCUT2D eigenvalue weighted by atomic mass is 16.7. The molecule has 0 radical (unpaired) electrons. The van der Waals surface area contributed by atoms with Crippen molar-refractivity contribution in [1.82, 2.24) is 4.90 Å². The number of ether oxygens (including phenoxy) is 4. The first-order valence-corrected chi connectivity index (χ1v) is 11.3. The van der Waals surface area contributed by atoms with Crippen LogP contribution in [0.5, 0.6) is 0 Å². The number of benzene rings is 2. The van der Waals surface area contributed by atoms with E-state index in [-0.39, 0.29) is 18.5 Å². The van der Waals surface area contributed by atoms with Crippen molar-refractivity contribution in [1.29, 1.82) is 0 Å². The first kappa shape index (κ1) is 26.4. The highest BCUT2D eigenvalue weighted by Crippen LogP contribution is 2.36. The van der Waals surface area contributed by atoms with Crippen LogP contribution in [0.3, 0.4) is 0 Å². The molecule has 2 amide bonds. The number of anilines is 1. The van der Waals surface area contributed by atoms with Crippen LogP contribution < -0.4 is 4.90 Å². The van der Waals surface area contributed by atoms with Gasteiger partial charge in [-0.25, -0.2) is 9.59 Å². The van der Waals surface area contributed by atoms with Crippen LogP contribution in [0.1, 0.15) is 43.1 Å². The van der Waals surface area contributed by atoms with Crippen LogP contribution >= 0.6 is 0 Å². The van der Waals surface area contributed by atoms with E-state index in [4.69, 9.17) is 29.2 Å². The van der Waals surface area contributed by atoms with Gasteiger partial charge >= 0.3 is 12.2 Å². The SMILES string of the molecule is CC1OC(c2ccccc2N(C)C(=O)O)OC1C.CN(Cc1ccccc1C1OCCO1)C(=O)O. The van der Waals surface area contributed by atoms with Gasteiger partial charge in [0.15, 0.2) is 12.6 Å². The Morgan fingerprint density at radius 2 is 1.37 bits per heavy atom. The number of hydrogen-bond donors (Lipinski definition) is 2. The summed E-state index contributed by atoms with van der Waals surface area (Å²) in [5, 5.41) is 17.9. The molecule has 2 N–H and O–H groups in total. The van der Waals surface area contributed by atoms with Crippen molar-refractivity contribution in [3.05, 3.63) is 65.2 Å². The molecule has 10 heteroatoms. The summed E-state index contributed by atoms with van der Waals surface area (Å²) < 4.78 is 22.2. The average molecular weight is 489 g/mol. The number of carbonyl (C=O) groups is 2. The highest BCUT2D eigenvalue weighted by molar-refractivity contribution is 5.86. The summed E-state index contributed by atoms with van der Waals surface area (Å²) in [5.74, 6) is 0. The van der Waals surface area contributed by atoms with Crippen molar-refractivity contribution >= 4 is 17.9 Å². The largest absolute Gasteiger partial charge is 0.465 e. The molecule has 190 valence electrons. The van der Waals surface area contributed by atoms with Gasteiger partial charge in [-0.2, -0.15) is 0 Å². The molecule has 2 unspecified atom stereocenters. The van der Waals surface area contributed by atoms with Crippen molar-refractivity contribution < 1.29 is 38.7 Å². The van der Waals surface area contributed by atoms with Gasteiger partial charge < -0.3 is 34.1 Å². The third-order valence-corrected chi connectivity index (χ3v) is 5.84. The van der Waals surface area contributed by atoms with Gasteiger partial charge in [0.25, 0.3) is 0 Å². The predicted octanol–water partition coefficient (Wildman–Crippen LogP) is 4.47. The Kier molecular flexibility index (Phi) is 9.05. The van der Waals surface area contributed by atoms with Crippen LogP contribution in [0.4, 0.5) is 15.3 Å². The molecule has 2 saturated heterocycles. The molecule has 4 rings (SSSR count). The average Bonchev–Trinajstić information content (AvgIpc) is 3.49. The lowest BCUT2D eigenvalue weighted by Gasteiger charge is -2.20. The monoisotopic (exact) mass is 488 g/mol. The summed E-state index contributed by atoms with van der Waals surface area (Å²) in [5.41, 5.74) is 3.12. The molecule has 2 fully saturated rings. The van der Waals surface area contributed by atoms with E-state index in [0.717, 1.165) is 21.6 Å². The smallest absolute Gasteiger partial charge is 0.411 e. The van der Waals surface area contributed by atoms with Gasteiger partial charge in [-0.1, -0.05) is 42.5 Å². The Balaban J connectivity index is 0.000000196. The minimum Gasteiger partial charge on any atom is -0.465 e. The minimum atomic E-state index is -1.01. The van der Waals surface area contributed by atoms with E-state index in [9.17, 15) is 9.59 Å². The van der Waals surface area contributed by atoms with Gasteiger partial charge in [0.05, 0.1) is 31.1 Å². The fraction of sp³-hybridized carbons (Fsp3) is 0.440. The van der Waals surface area contributed by atoms with Gasteiger partial charge in [0.2, 0.25) is 0 Å². The van der Waals surface area contributed by atoms with Gasteiger partial charge in [-0.3, -0.25) is 4.90 Å². The molecule has 2 aromatic carbocycles. The Labute approximate surface area is 204 Å². The van der Waals surface area contributed by atoms with Gasteiger partial charge in [-0.05, 0) is 25.5 Å². The zero-order valence-electron chi connectivity index (χ0n) is 20.3. The summed E-state index contributed by atoms with van der Waals surface area (Å²) in [4.78, 5) is 24.2. The number of hydrogen-bond acceptors (Lipinski definition) is 6. The van der Waals surface area contributed by atoms with E-state index in [2.05, 4.69) is 0 Å². The normalized spacial score (nSPS) is 21.8. The van der Waals surface area contributed by atoms with Gasteiger partial charge in [-0.15, -0.1) is 0 Å². The van der Waals surface area contributed by atoms with E-state index in [1.165, 1.54) is 19.0 Å². The maximum absolute atomic E-state index is 11.0. The number of amides is 2. The van der Waals surface area contributed by atoms with Crippen LogP contribution in [0.2, 0.25) is 0 Å². The third-order valence-electron chi connectivity index (χ3n) is 5.84. The molecular weight excluding hydrogens is 456 g/mol. The van der Waals surface area contributed by atoms with Crippen LogP contribution in [0, 0.1) is 0 Å². The second kappa shape index (κ2) is 12.0. The lowest BCUT2D eigenvalue weighted by Crippen LogP contribution is -2.25. The molecular formula is C25H32N2O8. The van der Waals surface area contributed by atoms with Crippen LogP contribution in [-0.2, 0) is 25.5 Å². The number of carboxylic acid groups (broad SMARTS) is 2. The second-order valence-electron chi connectivity index (χ2n) is 8.33. The van der Waals surface area contributed by atoms with E-state index >= 15 is 0 Å². The molecule has 0 aliphatic carbocycles. The zero-order chi connectivity index (χ0) is 25.5. The molecule has 2 aliphatic heterocycles. The molecule has 0 bridgehead atoms. The van der Waals surface area contributed by atoms with Gasteiger partial charge in [0, 0.05) is 31.8 Å². The first-order valence-electron chi connectivity index (χ1n) is 11.3. The van der Waals surface area contributed by atoms with Crippen LogP contribution in [0.15, 0.2) is 48.5 Å². The summed E-state index contributed by atoms with van der Waals surface area (Å²) in [6.07, 6.45) is -2.84. The van der Waals surface area contributed by atoms with Gasteiger partial charge in [0.1, 0.15) is 0 Å². The Morgan fingerprint density at radius 3 is 1.94 bits per heavy atom. The van der Waals surface area contributed by atoms with E-state index in [0.29, 0.717) is 25.4 Å². The Morgan fingerprint density at radius 1 is 0.829 bits per heavy atom. The molecule has 2 aromatic rings. The quantitative estimate of drug-likeness (QED) is 0.633. The summed E-state index contributed by atoms with van der Waals surface area (Å²) in [6, 6.07) is 14.8. The summed E-state index contributed by atoms with van der Waals surface area (Å²) >= 11 is 0. The summed E-state index contributed by atoms with van der Waals surface area (Å²) in [6.45, 7) is 5.36. The highest BCUT2D eigenvalue weighted by Gasteiger charge is 2.33. The number of para-hydroxylation sites is 1. The molecule has 0 aromatic heterocycles. The molecule has 2 heterocycles. The predicted molar refractivity (Wildman–Crippen MR) is 127 cm³/mol. The van der Waals surface area contributed by atoms with Crippen molar-refractivity contribution in [3.63, 3.8) is 0 Å². The number of rotatable bonds is 5. The van der Waals surface area contributed by atoms with E-state index in [1.807, 2.05) is 50.2 Å². The molecule has 0 saturated carbocycles. The molecule has 2 aliphatic rings. The maximum atomic E-state index is 11.0. The fourth-order valence-electron chi connectivity index (χ4n) is 3.65. The first-order chi connectivity index (χ1) is 16.7. The second-order valence-corrected chi connectivity index (χ2v) is 8.33. The standard InChI is InChI=1S/C13H17NO4.C12H15NO4/c1-8-9(2)18-12(17-8)10-6-4-5-7-11(10)14(3)13(15)16;1-13(12(14)15)8-9-4-2-3-5-10(9)11-16-6-7-17-11/h4-9,12H,1-3H3,(H,15,16);2-5,11H,6-8H2,1H3,(H,14,15). The lowest BCUT2D eigenvalue weighted by atomic mass is 10.1. The minimum absolute atomic E-state index is 0.00168. The van der Waals surface area contributed by atoms with E-state index in [1.54, 1.807) is 12.1 Å². The van der Waals surface area contributed by atoms with Crippen molar-refractivity contribution in [2.24, 2.45) is 0 Å². The van der Waals surface area contributed by atoms with Crippen LogP contribution in [-0.4, -0.2) is 66.8 Å². The molecule has 0 spiro atoms. The summed E-state index contributed by atoms with van der Waals surface area (Å²) in [7, 11) is 3.04. The van der Waals surface area contributed by atoms with E-state index < -0.39 is 18.5 Å². The van der Waals surface area contributed by atoms with Crippen molar-refractivity contribution in [2.75, 3.05) is 32.2 Å². The maximum Gasteiger partial charge on any atom is 0.411 e. The Hall–Kier alpha value is -3.18. The zero-order valence-corrected chi connectivity index (χ0v) is 20.3. The fourth-order valence-corrected chi connectivity index (χ4v) is 3.65. The van der Waals surface area contributed by atoms with Crippen LogP contribution in [0.25, 0.3) is 0 Å². The lowest BCUT2D eigenvalue weighted by molar-refractivity contribution is -0.0648. The third kappa shape index (κ3) is 6.70.